The van der Waals surface area contributed by atoms with Crippen molar-refractivity contribution >= 4 is 45.0 Å². The van der Waals surface area contributed by atoms with Crippen LogP contribution >= 0.6 is 37.9 Å². The molecule has 0 N–H and O–H groups in total. The van der Waals surface area contributed by atoms with Crippen LogP contribution in [0.5, 0.6) is 0 Å². The molecule has 0 amide bonds. The quantitative estimate of drug-likeness (QED) is 0.213. The lowest BCUT2D eigenvalue weighted by Gasteiger charge is -2.18. The molecule has 0 aliphatic rings. The number of rotatable bonds is 6. The van der Waals surface area contributed by atoms with Gasteiger partial charge in [-0.05, 0) is 36.4 Å². The van der Waals surface area contributed by atoms with E-state index < -0.39 is 0 Å². The van der Waals surface area contributed by atoms with E-state index in [-0.39, 0.29) is 7.12 Å². The number of para-hydroxylation sites is 3. The maximum Gasteiger partial charge on any atom is 0.585 e. The van der Waals surface area contributed by atoms with Gasteiger partial charge in [-0.2, -0.15) is 13.7 Å². The second-order valence-corrected chi connectivity index (χ2v) is 9.68. The second-order valence-electron chi connectivity index (χ2n) is 8.48. The average Bonchev–Trinajstić information content (AvgIpc) is 3.64. The number of benzene rings is 3. The van der Waals surface area contributed by atoms with Gasteiger partial charge < -0.3 is 13.4 Å². The lowest BCUT2D eigenvalue weighted by molar-refractivity contribution is -0.828. The Balaban J connectivity index is 1.54. The van der Waals surface area contributed by atoms with Gasteiger partial charge in [0.05, 0.1) is 18.6 Å². The van der Waals surface area contributed by atoms with Crippen molar-refractivity contribution in [1.82, 2.24) is 13.7 Å². The summed E-state index contributed by atoms with van der Waals surface area (Å²) in [5.74, 6) is 0. The Morgan fingerprint density at radius 2 is 0.703 bits per heavy atom. The lowest BCUT2D eigenvalue weighted by Crippen LogP contribution is -2.84. The molecule has 3 aromatic heterocycles. The van der Waals surface area contributed by atoms with E-state index >= 15 is 0 Å². The van der Waals surface area contributed by atoms with Crippen molar-refractivity contribution < 1.29 is 13.4 Å². The number of nitrogens with zero attached hydrogens (tertiary/aromatic N) is 6. The Morgan fingerprint density at radius 3 is 0.973 bits per heavy atom. The van der Waals surface area contributed by atoms with E-state index in [1.165, 1.54) is 0 Å². The Bertz CT molecular complexity index is 1460. The van der Waals surface area contributed by atoms with E-state index in [0.29, 0.717) is 0 Å². The van der Waals surface area contributed by atoms with Gasteiger partial charge in [0.15, 0.2) is 0 Å². The maximum atomic E-state index is 4.97. The topological polar surface area (TPSA) is 26.4 Å². The van der Waals surface area contributed by atoms with Gasteiger partial charge in [0.25, 0.3) is 15.5 Å². The van der Waals surface area contributed by atoms with Gasteiger partial charge in [-0.15, -0.1) is 0 Å². The standard InChI is InChI=1S/C27H21BN6S3/c35-25-29(22-10-4-1-5-11-22)16-19-32(25)28(33-20-17-30(26(33)36)23-12-6-2-7-13-23)34-21-18-31(27(34)37)24-14-8-3-9-15-24/h1-21H/q-1/p+3. The number of hydrogen-bond acceptors (Lipinski definition) is 3. The molecule has 0 saturated heterocycles. The third-order valence-electron chi connectivity index (χ3n) is 6.32. The minimum absolute atomic E-state index is 0.368. The molecule has 6 rings (SSSR count). The van der Waals surface area contributed by atoms with Crippen LogP contribution in [0.4, 0.5) is 0 Å². The summed E-state index contributed by atoms with van der Waals surface area (Å²) in [7, 11) is -0.368. The molecule has 181 valence electrons. The predicted molar refractivity (Wildman–Crippen MR) is 152 cm³/mol. The molecule has 1 radical (unpaired) electrons. The van der Waals surface area contributed by atoms with E-state index in [1.54, 1.807) is 0 Å². The zero-order chi connectivity index (χ0) is 25.4. The van der Waals surface area contributed by atoms with Crippen LogP contribution in [-0.4, -0.2) is 20.8 Å². The minimum atomic E-state index is -0.368. The fourth-order valence-electron chi connectivity index (χ4n) is 4.50. The third-order valence-corrected chi connectivity index (χ3v) is 7.66. The molecule has 0 saturated carbocycles. The Labute approximate surface area is 232 Å². The van der Waals surface area contributed by atoms with Gasteiger partial charge >= 0.3 is 7.12 Å². The summed E-state index contributed by atoms with van der Waals surface area (Å²) in [6.45, 7) is 0. The number of aromatic nitrogens is 6. The molecule has 0 spiro atoms. The summed E-state index contributed by atoms with van der Waals surface area (Å²) in [6, 6.07) is 30.5. The van der Waals surface area contributed by atoms with Crippen LogP contribution in [0.2, 0.25) is 0 Å². The second kappa shape index (κ2) is 10.0. The highest BCUT2D eigenvalue weighted by Gasteiger charge is 2.36. The molecule has 6 aromatic rings. The molecule has 0 aliphatic carbocycles. The summed E-state index contributed by atoms with van der Waals surface area (Å²) >= 11 is 14.9. The van der Waals surface area contributed by atoms with Crippen LogP contribution in [0, 0.1) is 0 Å². The third kappa shape index (κ3) is 4.31. The highest BCUT2D eigenvalue weighted by molar-refractivity contribution is 7.80. The first kappa shape index (κ1) is 23.8. The van der Waals surface area contributed by atoms with Crippen molar-refractivity contribution in [2.75, 3.05) is 0 Å². The van der Waals surface area contributed by atoms with Crippen LogP contribution in [0.15, 0.2) is 144 Å². The van der Waals surface area contributed by atoms with E-state index in [0.717, 1.165) is 32.5 Å². The fraction of sp³-hybridized carbons (Fsp3) is 0. The van der Waals surface area contributed by atoms with E-state index in [4.69, 9.17) is 37.9 Å². The van der Waals surface area contributed by atoms with E-state index in [1.807, 2.05) is 91.8 Å². The van der Waals surface area contributed by atoms with Gasteiger partial charge in [0.2, 0.25) is 0 Å². The molecule has 37 heavy (non-hydrogen) atoms. The van der Waals surface area contributed by atoms with Crippen LogP contribution in [0.1, 0.15) is 0 Å². The molecule has 3 heterocycles. The smallest absolute Gasteiger partial charge is 0.357 e. The van der Waals surface area contributed by atoms with Crippen molar-refractivity contribution in [1.29, 1.82) is 0 Å². The SMILES string of the molecule is Sc1n(-c2ccccc2)cc[n+]1[B-]([n+]1ccn(-c2ccccc2)c1S)[n+]1ccn(-c2ccccc2)c1S. The van der Waals surface area contributed by atoms with Crippen LogP contribution < -0.4 is 13.4 Å². The van der Waals surface area contributed by atoms with Gasteiger partial charge in [-0.25, -0.2) is 0 Å². The largest absolute Gasteiger partial charge is 0.585 e. The minimum Gasteiger partial charge on any atom is -0.357 e. The molecule has 10 heteroatoms. The molecule has 0 fully saturated rings. The molecule has 0 bridgehead atoms. The molecule has 6 nitrogen and oxygen atoms in total. The van der Waals surface area contributed by atoms with Crippen LogP contribution in [-0.2, 0) is 0 Å². The van der Waals surface area contributed by atoms with Crippen LogP contribution in [0.3, 0.4) is 0 Å². The zero-order valence-electron chi connectivity index (χ0n) is 19.7. The van der Waals surface area contributed by atoms with Gasteiger partial charge in [-0.3, -0.25) is 0 Å². The van der Waals surface area contributed by atoms with Crippen molar-refractivity contribution in [3.05, 3.63) is 128 Å². The number of imidazole rings is 3. The normalized spacial score (nSPS) is 11.4. The first-order valence-electron chi connectivity index (χ1n) is 11.7. The lowest BCUT2D eigenvalue weighted by atomic mass is 9.92. The van der Waals surface area contributed by atoms with E-state index in [2.05, 4.69) is 63.5 Å². The highest BCUT2D eigenvalue weighted by Crippen LogP contribution is 2.15. The fourth-order valence-corrected chi connectivity index (χ4v) is 5.56. The first-order valence-corrected chi connectivity index (χ1v) is 13.1. The molecule has 0 unspecified atom stereocenters. The van der Waals surface area contributed by atoms with Crippen molar-refractivity contribution in [2.45, 2.75) is 15.5 Å². The van der Waals surface area contributed by atoms with Crippen molar-refractivity contribution in [3.8, 4) is 17.1 Å². The van der Waals surface area contributed by atoms with E-state index in [9.17, 15) is 0 Å². The van der Waals surface area contributed by atoms with Gasteiger partial charge in [0.1, 0.15) is 35.7 Å². The molecule has 0 aliphatic heterocycles. The summed E-state index contributed by atoms with van der Waals surface area (Å²) < 4.78 is 12.4. The molecule has 0 atom stereocenters. The first-order chi connectivity index (χ1) is 18.1. The average molecular weight is 540 g/mol. The molecule has 3 aromatic carbocycles. The number of hydrogen-bond donors (Lipinski definition) is 3. The number of thiol groups is 3. The Hall–Kier alpha value is -3.60. The summed E-state index contributed by atoms with van der Waals surface area (Å²) in [4.78, 5) is 0. The zero-order valence-corrected chi connectivity index (χ0v) is 22.4. The summed E-state index contributed by atoms with van der Waals surface area (Å²) in [5.41, 5.74) is 3.09. The summed E-state index contributed by atoms with van der Waals surface area (Å²) in [6.07, 6.45) is 12.1. The predicted octanol–water partition coefficient (Wildman–Crippen LogP) is 3.72. The molecular formula is C27H24BN6S3+2. The Kier molecular flexibility index (Phi) is 6.46. The summed E-state index contributed by atoms with van der Waals surface area (Å²) in [5, 5.41) is 2.28. The monoisotopic (exact) mass is 539 g/mol. The van der Waals surface area contributed by atoms with Crippen molar-refractivity contribution in [2.24, 2.45) is 0 Å². The highest BCUT2D eigenvalue weighted by atomic mass is 32.1. The van der Waals surface area contributed by atoms with Crippen molar-refractivity contribution in [3.63, 3.8) is 0 Å². The maximum absolute atomic E-state index is 4.97. The Morgan fingerprint density at radius 1 is 0.432 bits per heavy atom. The van der Waals surface area contributed by atoms with Gasteiger partial charge in [0, 0.05) is 0 Å². The molecular weight excluding hydrogens is 515 g/mol. The van der Waals surface area contributed by atoms with Gasteiger partial charge in [-0.1, -0.05) is 92.5 Å². The van der Waals surface area contributed by atoms with Crippen LogP contribution in [0.25, 0.3) is 17.1 Å².